The van der Waals surface area contributed by atoms with E-state index in [1.54, 1.807) is 24.6 Å². The summed E-state index contributed by atoms with van der Waals surface area (Å²) in [6.45, 7) is 0. The fraction of sp³-hybridized carbons (Fsp3) is 0.0833. The van der Waals surface area contributed by atoms with Crippen LogP contribution in [-0.2, 0) is 0 Å². The molecule has 1 aromatic carbocycles. The van der Waals surface area contributed by atoms with Gasteiger partial charge in [0, 0.05) is 10.9 Å². The fourth-order valence-electron chi connectivity index (χ4n) is 1.60. The maximum atomic E-state index is 11.1. The highest BCUT2D eigenvalue weighted by atomic mass is 32.1. The number of hydrogen-bond acceptors (Lipinski definition) is 4. The monoisotopic (exact) mass is 249 g/mol. The number of ether oxygens (including phenoxy) is 1. The molecular formula is C12H11NO3S. The molecule has 0 aliphatic heterocycles. The van der Waals surface area contributed by atoms with Crippen molar-refractivity contribution in [2.24, 2.45) is 0 Å². The second-order valence-electron chi connectivity index (χ2n) is 3.43. The quantitative estimate of drug-likeness (QED) is 0.877. The predicted octanol–water partition coefficient (Wildman–Crippen LogP) is 2.70. The van der Waals surface area contributed by atoms with Crippen molar-refractivity contribution < 1.29 is 14.6 Å². The average molecular weight is 249 g/mol. The van der Waals surface area contributed by atoms with Crippen LogP contribution < -0.4 is 10.5 Å². The molecule has 0 fully saturated rings. The minimum Gasteiger partial charge on any atom is -0.497 e. The van der Waals surface area contributed by atoms with Crippen LogP contribution in [0, 0.1) is 0 Å². The van der Waals surface area contributed by atoms with Crippen molar-refractivity contribution in [3.05, 3.63) is 35.2 Å². The number of carbonyl (C=O) groups is 1. The second kappa shape index (κ2) is 4.47. The lowest BCUT2D eigenvalue weighted by Gasteiger charge is -2.04. The van der Waals surface area contributed by atoms with Crippen molar-refractivity contribution in [2.45, 2.75) is 0 Å². The highest BCUT2D eigenvalue weighted by Crippen LogP contribution is 2.34. The summed E-state index contributed by atoms with van der Waals surface area (Å²) in [4.78, 5) is 11.1. The van der Waals surface area contributed by atoms with E-state index in [4.69, 9.17) is 15.6 Å². The Labute approximate surface area is 102 Å². The van der Waals surface area contributed by atoms with Gasteiger partial charge < -0.3 is 15.6 Å². The predicted molar refractivity (Wildman–Crippen MR) is 67.7 cm³/mol. The highest BCUT2D eigenvalue weighted by Gasteiger charge is 2.17. The zero-order valence-electron chi connectivity index (χ0n) is 9.14. The summed E-state index contributed by atoms with van der Waals surface area (Å²) >= 11 is 1.22. The lowest BCUT2D eigenvalue weighted by atomic mass is 10.0. The number of nitrogen functional groups attached to an aromatic ring is 1. The lowest BCUT2D eigenvalue weighted by molar-refractivity contribution is 0.0699. The summed E-state index contributed by atoms with van der Waals surface area (Å²) in [5.41, 5.74) is 7.22. The number of carboxylic acid groups (broad SMARTS) is 1. The van der Waals surface area contributed by atoms with Gasteiger partial charge in [0.05, 0.1) is 7.11 Å². The number of methoxy groups -OCH3 is 1. The van der Waals surface area contributed by atoms with E-state index in [2.05, 4.69) is 0 Å². The van der Waals surface area contributed by atoms with Crippen molar-refractivity contribution in [2.75, 3.05) is 12.8 Å². The van der Waals surface area contributed by atoms with E-state index in [-0.39, 0.29) is 5.56 Å². The van der Waals surface area contributed by atoms with E-state index in [1.807, 2.05) is 12.1 Å². The van der Waals surface area contributed by atoms with Crippen LogP contribution in [0.25, 0.3) is 11.1 Å². The van der Waals surface area contributed by atoms with E-state index >= 15 is 0 Å². The van der Waals surface area contributed by atoms with Gasteiger partial charge in [0.25, 0.3) is 0 Å². The molecule has 2 rings (SSSR count). The zero-order chi connectivity index (χ0) is 12.4. The summed E-state index contributed by atoms with van der Waals surface area (Å²) < 4.78 is 5.11. The molecule has 0 aliphatic rings. The summed E-state index contributed by atoms with van der Waals surface area (Å²) in [6, 6.07) is 7.23. The highest BCUT2D eigenvalue weighted by molar-refractivity contribution is 7.14. The van der Waals surface area contributed by atoms with Gasteiger partial charge in [0.2, 0.25) is 0 Å². The normalized spacial score (nSPS) is 10.2. The van der Waals surface area contributed by atoms with Gasteiger partial charge in [-0.1, -0.05) is 12.1 Å². The molecule has 0 unspecified atom stereocenters. The van der Waals surface area contributed by atoms with Gasteiger partial charge in [-0.05, 0) is 17.7 Å². The lowest BCUT2D eigenvalue weighted by Crippen LogP contribution is -2.00. The largest absolute Gasteiger partial charge is 0.497 e. The SMILES string of the molecule is COc1cccc(-c2csc(N)c2C(=O)O)c1. The first-order chi connectivity index (χ1) is 8.13. The minimum atomic E-state index is -1.01. The molecule has 0 saturated heterocycles. The molecule has 5 heteroatoms. The first-order valence-electron chi connectivity index (χ1n) is 4.88. The molecular weight excluding hydrogens is 238 g/mol. The van der Waals surface area contributed by atoms with Crippen molar-refractivity contribution in [3.63, 3.8) is 0 Å². The van der Waals surface area contributed by atoms with Crippen molar-refractivity contribution in [1.82, 2.24) is 0 Å². The first-order valence-corrected chi connectivity index (χ1v) is 5.76. The molecule has 0 saturated carbocycles. The van der Waals surface area contributed by atoms with Crippen LogP contribution in [0.1, 0.15) is 10.4 Å². The van der Waals surface area contributed by atoms with Gasteiger partial charge in [-0.2, -0.15) is 0 Å². The van der Waals surface area contributed by atoms with Gasteiger partial charge in [0.1, 0.15) is 16.3 Å². The number of carboxylic acids is 1. The Morgan fingerprint density at radius 2 is 2.24 bits per heavy atom. The molecule has 17 heavy (non-hydrogen) atoms. The molecule has 3 N–H and O–H groups in total. The number of nitrogens with two attached hydrogens (primary N) is 1. The van der Waals surface area contributed by atoms with Crippen LogP contribution in [-0.4, -0.2) is 18.2 Å². The van der Waals surface area contributed by atoms with Crippen LogP contribution in [0.4, 0.5) is 5.00 Å². The molecule has 2 aromatic rings. The molecule has 1 aromatic heterocycles. The van der Waals surface area contributed by atoms with E-state index in [9.17, 15) is 4.79 Å². The van der Waals surface area contributed by atoms with Crippen LogP contribution in [0.5, 0.6) is 5.75 Å². The topological polar surface area (TPSA) is 72.5 Å². The Morgan fingerprint density at radius 3 is 2.88 bits per heavy atom. The second-order valence-corrected chi connectivity index (χ2v) is 4.34. The van der Waals surface area contributed by atoms with E-state index in [0.29, 0.717) is 16.3 Å². The Bertz CT molecular complexity index is 563. The summed E-state index contributed by atoms with van der Waals surface area (Å²) in [7, 11) is 1.57. The van der Waals surface area contributed by atoms with E-state index in [1.165, 1.54) is 11.3 Å². The number of aromatic carboxylic acids is 1. The summed E-state index contributed by atoms with van der Waals surface area (Å²) in [5.74, 6) is -0.329. The van der Waals surface area contributed by atoms with Crippen LogP contribution in [0.15, 0.2) is 29.6 Å². The van der Waals surface area contributed by atoms with Crippen molar-refractivity contribution in [1.29, 1.82) is 0 Å². The van der Waals surface area contributed by atoms with E-state index < -0.39 is 5.97 Å². The maximum absolute atomic E-state index is 11.1. The first kappa shape index (κ1) is 11.5. The van der Waals surface area contributed by atoms with E-state index in [0.717, 1.165) is 5.56 Å². The Kier molecular flexibility index (Phi) is 3.01. The molecule has 4 nitrogen and oxygen atoms in total. The minimum absolute atomic E-state index is 0.156. The Hall–Kier alpha value is -2.01. The molecule has 0 atom stereocenters. The van der Waals surface area contributed by atoms with Gasteiger partial charge >= 0.3 is 5.97 Å². The smallest absolute Gasteiger partial charge is 0.339 e. The summed E-state index contributed by atoms with van der Waals surface area (Å²) in [5, 5.41) is 11.2. The fourth-order valence-corrected chi connectivity index (χ4v) is 2.41. The van der Waals surface area contributed by atoms with Gasteiger partial charge in [-0.15, -0.1) is 11.3 Å². The van der Waals surface area contributed by atoms with Crippen molar-refractivity contribution in [3.8, 4) is 16.9 Å². The third-order valence-corrected chi connectivity index (χ3v) is 3.23. The number of benzene rings is 1. The maximum Gasteiger partial charge on any atom is 0.339 e. The number of thiophene rings is 1. The molecule has 1 heterocycles. The number of hydrogen-bond donors (Lipinski definition) is 2. The molecule has 0 radical (unpaired) electrons. The Morgan fingerprint density at radius 1 is 1.47 bits per heavy atom. The van der Waals surface area contributed by atoms with Gasteiger partial charge in [0.15, 0.2) is 0 Å². The Balaban J connectivity index is 2.56. The molecule has 0 bridgehead atoms. The van der Waals surface area contributed by atoms with Crippen LogP contribution >= 0.6 is 11.3 Å². The number of anilines is 1. The van der Waals surface area contributed by atoms with Crippen molar-refractivity contribution >= 4 is 22.3 Å². The molecule has 0 spiro atoms. The number of rotatable bonds is 3. The molecule has 0 amide bonds. The third-order valence-electron chi connectivity index (χ3n) is 2.41. The standard InChI is InChI=1S/C12H11NO3S/c1-16-8-4-2-3-7(5-8)9-6-17-11(13)10(9)12(14)15/h2-6H,13H2,1H3,(H,14,15). The molecule has 0 aliphatic carbocycles. The average Bonchev–Trinajstić information content (AvgIpc) is 2.71. The zero-order valence-corrected chi connectivity index (χ0v) is 9.95. The summed E-state index contributed by atoms with van der Waals surface area (Å²) in [6.07, 6.45) is 0. The van der Waals surface area contributed by atoms with Gasteiger partial charge in [-0.3, -0.25) is 0 Å². The molecule has 88 valence electrons. The van der Waals surface area contributed by atoms with Crippen LogP contribution in [0.3, 0.4) is 0 Å². The van der Waals surface area contributed by atoms with Gasteiger partial charge in [-0.25, -0.2) is 4.79 Å². The third kappa shape index (κ3) is 2.09. The van der Waals surface area contributed by atoms with Crippen LogP contribution in [0.2, 0.25) is 0 Å².